The third-order valence-electron chi connectivity index (χ3n) is 2.22. The van der Waals surface area contributed by atoms with Gasteiger partial charge in [-0.15, -0.1) is 0 Å². The lowest BCUT2D eigenvalue weighted by Crippen LogP contribution is -2.14. The van der Waals surface area contributed by atoms with Gasteiger partial charge in [0.1, 0.15) is 22.2 Å². The summed E-state index contributed by atoms with van der Waals surface area (Å²) in [5.74, 6) is 0.369. The van der Waals surface area contributed by atoms with Gasteiger partial charge in [-0.1, -0.05) is 11.6 Å². The van der Waals surface area contributed by atoms with Crippen molar-refractivity contribution in [2.45, 2.75) is 0 Å². The van der Waals surface area contributed by atoms with E-state index in [9.17, 15) is 4.79 Å². The zero-order valence-electron chi connectivity index (χ0n) is 8.61. The minimum atomic E-state index is -0.285. The number of rotatable bonds is 3. The SMILES string of the molecule is COc1ccn2c(Cl)c(C(=O)CN)nc2c1. The molecule has 2 N–H and O–H groups in total. The molecule has 16 heavy (non-hydrogen) atoms. The van der Waals surface area contributed by atoms with Gasteiger partial charge in [0.05, 0.1) is 13.7 Å². The molecule has 0 bridgehead atoms. The van der Waals surface area contributed by atoms with Crippen LogP contribution in [-0.4, -0.2) is 28.8 Å². The van der Waals surface area contributed by atoms with Gasteiger partial charge in [0.2, 0.25) is 0 Å². The van der Waals surface area contributed by atoms with Crippen LogP contribution in [0.1, 0.15) is 10.5 Å². The van der Waals surface area contributed by atoms with Gasteiger partial charge in [-0.25, -0.2) is 4.98 Å². The molecule has 0 unspecified atom stereocenters. The fourth-order valence-electron chi connectivity index (χ4n) is 1.40. The number of nitrogens with zero attached hydrogens (tertiary/aromatic N) is 2. The monoisotopic (exact) mass is 239 g/mol. The third kappa shape index (κ3) is 1.64. The Hall–Kier alpha value is -1.59. The number of ketones is 1. The molecular weight excluding hydrogens is 230 g/mol. The van der Waals surface area contributed by atoms with Crippen LogP contribution >= 0.6 is 11.6 Å². The third-order valence-corrected chi connectivity index (χ3v) is 2.59. The van der Waals surface area contributed by atoms with E-state index in [2.05, 4.69) is 4.98 Å². The second-order valence-electron chi connectivity index (χ2n) is 3.17. The standard InChI is InChI=1S/C10H10ClN3O2/c1-16-6-2-3-14-8(4-6)13-9(10(14)11)7(15)5-12/h2-4H,5,12H2,1H3. The number of pyridine rings is 1. The van der Waals surface area contributed by atoms with E-state index in [4.69, 9.17) is 22.1 Å². The van der Waals surface area contributed by atoms with Crippen LogP contribution in [0.4, 0.5) is 0 Å². The minimum absolute atomic E-state index is 0.110. The van der Waals surface area contributed by atoms with Crippen molar-refractivity contribution in [1.82, 2.24) is 9.38 Å². The number of hydrogen-bond acceptors (Lipinski definition) is 4. The summed E-state index contributed by atoms with van der Waals surface area (Å²) in [7, 11) is 1.56. The zero-order valence-corrected chi connectivity index (χ0v) is 9.36. The van der Waals surface area contributed by atoms with Gasteiger partial charge in [0.15, 0.2) is 5.78 Å². The first-order valence-corrected chi connectivity index (χ1v) is 5.00. The largest absolute Gasteiger partial charge is 0.497 e. The molecule has 0 aliphatic heterocycles. The number of hydrogen-bond donors (Lipinski definition) is 1. The maximum absolute atomic E-state index is 11.4. The first-order chi connectivity index (χ1) is 7.67. The highest BCUT2D eigenvalue weighted by molar-refractivity contribution is 6.33. The number of methoxy groups -OCH3 is 1. The number of carbonyl (C=O) groups excluding carboxylic acids is 1. The Labute approximate surface area is 96.8 Å². The Morgan fingerprint density at radius 1 is 1.69 bits per heavy atom. The van der Waals surface area contributed by atoms with Crippen LogP contribution in [0.5, 0.6) is 5.75 Å². The molecule has 0 saturated heterocycles. The van der Waals surface area contributed by atoms with Gasteiger partial charge in [0.25, 0.3) is 0 Å². The molecule has 0 amide bonds. The molecule has 5 nitrogen and oxygen atoms in total. The summed E-state index contributed by atoms with van der Waals surface area (Å²) >= 11 is 6.01. The van der Waals surface area contributed by atoms with Gasteiger partial charge in [-0.3, -0.25) is 9.20 Å². The van der Waals surface area contributed by atoms with E-state index < -0.39 is 0 Å². The van der Waals surface area contributed by atoms with Crippen molar-refractivity contribution in [3.8, 4) is 5.75 Å². The van der Waals surface area contributed by atoms with Gasteiger partial charge in [-0.05, 0) is 6.07 Å². The normalized spacial score (nSPS) is 10.7. The fraction of sp³-hybridized carbons (Fsp3) is 0.200. The topological polar surface area (TPSA) is 69.6 Å². The van der Waals surface area contributed by atoms with Crippen LogP contribution in [0.3, 0.4) is 0 Å². The Balaban J connectivity index is 2.63. The van der Waals surface area contributed by atoms with E-state index in [1.807, 2.05) is 0 Å². The number of imidazole rings is 1. The molecule has 0 aliphatic carbocycles. The predicted octanol–water partition coefficient (Wildman–Crippen LogP) is 1.14. The smallest absolute Gasteiger partial charge is 0.197 e. The van der Waals surface area contributed by atoms with Crippen molar-refractivity contribution >= 4 is 23.0 Å². The van der Waals surface area contributed by atoms with Gasteiger partial charge >= 0.3 is 0 Å². The first kappa shape index (κ1) is 10.9. The van der Waals surface area contributed by atoms with Crippen LogP contribution in [-0.2, 0) is 0 Å². The molecule has 84 valence electrons. The van der Waals surface area contributed by atoms with Crippen LogP contribution in [0.2, 0.25) is 5.15 Å². The lowest BCUT2D eigenvalue weighted by molar-refractivity contribution is 0.0997. The summed E-state index contributed by atoms with van der Waals surface area (Å²) in [5.41, 5.74) is 6.02. The van der Waals surface area contributed by atoms with Crippen LogP contribution in [0.15, 0.2) is 18.3 Å². The number of Topliss-reactive ketones (excluding diaryl/α,β-unsaturated/α-hetero) is 1. The highest BCUT2D eigenvalue weighted by atomic mass is 35.5. The Morgan fingerprint density at radius 3 is 3.06 bits per heavy atom. The van der Waals surface area contributed by atoms with E-state index in [1.54, 1.807) is 29.8 Å². The number of carbonyl (C=O) groups is 1. The second-order valence-corrected chi connectivity index (χ2v) is 3.53. The molecule has 0 fully saturated rings. The Morgan fingerprint density at radius 2 is 2.44 bits per heavy atom. The van der Waals surface area contributed by atoms with E-state index in [0.717, 1.165) is 0 Å². The van der Waals surface area contributed by atoms with Gasteiger partial charge in [0, 0.05) is 12.3 Å². The average molecular weight is 240 g/mol. The summed E-state index contributed by atoms with van der Waals surface area (Å²) < 4.78 is 6.66. The summed E-state index contributed by atoms with van der Waals surface area (Å²) in [5, 5.41) is 0.271. The lowest BCUT2D eigenvalue weighted by Gasteiger charge is -1.99. The van der Waals surface area contributed by atoms with E-state index in [1.165, 1.54) is 0 Å². The van der Waals surface area contributed by atoms with Crippen LogP contribution in [0.25, 0.3) is 5.65 Å². The lowest BCUT2D eigenvalue weighted by atomic mass is 10.3. The van der Waals surface area contributed by atoms with Crippen molar-refractivity contribution in [2.75, 3.05) is 13.7 Å². The van der Waals surface area contributed by atoms with E-state index >= 15 is 0 Å². The molecule has 2 heterocycles. The molecular formula is C10H10ClN3O2. The molecule has 0 radical (unpaired) electrons. The van der Waals surface area contributed by atoms with Crippen LogP contribution < -0.4 is 10.5 Å². The van der Waals surface area contributed by atoms with E-state index in [0.29, 0.717) is 11.4 Å². The molecule has 0 aliphatic rings. The molecule has 2 aromatic rings. The molecule has 0 atom stereocenters. The number of aromatic nitrogens is 2. The number of halogens is 1. The highest BCUT2D eigenvalue weighted by Gasteiger charge is 2.16. The summed E-state index contributed by atoms with van der Waals surface area (Å²) in [6.45, 7) is -0.110. The predicted molar refractivity (Wildman–Crippen MR) is 60.1 cm³/mol. The van der Waals surface area contributed by atoms with E-state index in [-0.39, 0.29) is 23.2 Å². The highest BCUT2D eigenvalue weighted by Crippen LogP contribution is 2.21. The Kier molecular flexibility index (Phi) is 2.80. The molecule has 0 saturated carbocycles. The van der Waals surface area contributed by atoms with Crippen molar-refractivity contribution in [3.05, 3.63) is 29.2 Å². The average Bonchev–Trinajstić information content (AvgIpc) is 2.65. The molecule has 0 spiro atoms. The quantitative estimate of drug-likeness (QED) is 0.816. The Bertz CT molecular complexity index is 550. The zero-order chi connectivity index (χ0) is 11.7. The molecule has 2 aromatic heterocycles. The maximum atomic E-state index is 11.4. The number of ether oxygens (including phenoxy) is 1. The minimum Gasteiger partial charge on any atom is -0.497 e. The maximum Gasteiger partial charge on any atom is 0.197 e. The van der Waals surface area contributed by atoms with Crippen molar-refractivity contribution < 1.29 is 9.53 Å². The second kappa shape index (κ2) is 4.11. The van der Waals surface area contributed by atoms with Crippen LogP contribution in [0, 0.1) is 0 Å². The fourth-order valence-corrected chi connectivity index (χ4v) is 1.69. The summed E-state index contributed by atoms with van der Waals surface area (Å²) in [4.78, 5) is 15.6. The number of nitrogens with two attached hydrogens (primary N) is 1. The molecule has 0 aromatic carbocycles. The summed E-state index contributed by atoms with van der Waals surface area (Å²) in [6, 6.07) is 3.43. The van der Waals surface area contributed by atoms with Gasteiger partial charge < -0.3 is 10.5 Å². The van der Waals surface area contributed by atoms with Gasteiger partial charge in [-0.2, -0.15) is 0 Å². The molecule has 6 heteroatoms. The van der Waals surface area contributed by atoms with Crippen molar-refractivity contribution in [3.63, 3.8) is 0 Å². The van der Waals surface area contributed by atoms with Crippen molar-refractivity contribution in [2.24, 2.45) is 5.73 Å². The van der Waals surface area contributed by atoms with Crippen molar-refractivity contribution in [1.29, 1.82) is 0 Å². The first-order valence-electron chi connectivity index (χ1n) is 4.62. The summed E-state index contributed by atoms with van der Waals surface area (Å²) in [6.07, 6.45) is 1.69. The molecule has 2 rings (SSSR count). The number of fused-ring (bicyclic) bond motifs is 1.